The number of fused-ring (bicyclic) bond motifs is 1. The zero-order chi connectivity index (χ0) is 19.9. The number of amides is 1. The summed E-state index contributed by atoms with van der Waals surface area (Å²) in [5.41, 5.74) is 1.03. The van der Waals surface area contributed by atoms with E-state index in [0.29, 0.717) is 37.7 Å². The molecule has 2 aromatic heterocycles. The maximum atomic E-state index is 14.3. The first-order chi connectivity index (χ1) is 13.4. The highest BCUT2D eigenvalue weighted by atomic mass is 19.1. The molecular weight excluding hydrogens is 359 g/mol. The zero-order valence-corrected chi connectivity index (χ0v) is 16.5. The summed E-state index contributed by atoms with van der Waals surface area (Å²) in [5.74, 6) is 0.261. The second-order valence-corrected chi connectivity index (χ2v) is 8.22. The van der Waals surface area contributed by atoms with Crippen molar-refractivity contribution in [3.05, 3.63) is 47.9 Å². The number of anilines is 1. The molecule has 0 spiro atoms. The SMILES string of the molecule is Cc1cnc(C(=O)N2CC3CN(c4ncccc4F)CC3(CN(C)C)C2)cn1. The van der Waals surface area contributed by atoms with Gasteiger partial charge in [-0.2, -0.15) is 0 Å². The van der Waals surface area contributed by atoms with Gasteiger partial charge >= 0.3 is 0 Å². The highest BCUT2D eigenvalue weighted by Crippen LogP contribution is 2.44. The van der Waals surface area contributed by atoms with E-state index in [1.807, 2.05) is 30.8 Å². The Bertz CT molecular complexity index is 873. The number of pyridine rings is 1. The first-order valence-corrected chi connectivity index (χ1v) is 9.46. The lowest BCUT2D eigenvalue weighted by Gasteiger charge is -2.32. The van der Waals surface area contributed by atoms with Crippen LogP contribution in [-0.2, 0) is 0 Å². The molecule has 0 N–H and O–H groups in total. The lowest BCUT2D eigenvalue weighted by Crippen LogP contribution is -2.43. The van der Waals surface area contributed by atoms with Crippen molar-refractivity contribution in [2.24, 2.45) is 11.3 Å². The molecule has 2 aromatic rings. The maximum Gasteiger partial charge on any atom is 0.274 e. The highest BCUT2D eigenvalue weighted by molar-refractivity contribution is 5.92. The normalized spacial score (nSPS) is 24.1. The molecule has 7 nitrogen and oxygen atoms in total. The van der Waals surface area contributed by atoms with Gasteiger partial charge in [0.05, 0.1) is 11.9 Å². The number of aryl methyl sites for hydroxylation is 1. The zero-order valence-electron chi connectivity index (χ0n) is 16.5. The van der Waals surface area contributed by atoms with Crippen LogP contribution in [0.25, 0.3) is 0 Å². The molecule has 28 heavy (non-hydrogen) atoms. The Morgan fingerprint density at radius 1 is 1.25 bits per heavy atom. The Morgan fingerprint density at radius 2 is 2.07 bits per heavy atom. The third-order valence-electron chi connectivity index (χ3n) is 5.72. The van der Waals surface area contributed by atoms with Gasteiger partial charge in [0.25, 0.3) is 5.91 Å². The number of rotatable bonds is 4. The van der Waals surface area contributed by atoms with Crippen molar-refractivity contribution in [2.45, 2.75) is 6.92 Å². The van der Waals surface area contributed by atoms with Crippen molar-refractivity contribution in [1.82, 2.24) is 24.8 Å². The van der Waals surface area contributed by atoms with Gasteiger partial charge < -0.3 is 14.7 Å². The molecule has 2 atom stereocenters. The van der Waals surface area contributed by atoms with Crippen LogP contribution in [0.1, 0.15) is 16.2 Å². The fourth-order valence-corrected chi connectivity index (χ4v) is 4.62. The number of likely N-dealkylation sites (tertiary alicyclic amines) is 1. The molecule has 8 heteroatoms. The van der Waals surface area contributed by atoms with Crippen LogP contribution in [0.4, 0.5) is 10.2 Å². The Kier molecular flexibility index (Phi) is 4.74. The van der Waals surface area contributed by atoms with E-state index in [1.165, 1.54) is 6.07 Å². The van der Waals surface area contributed by atoms with Crippen LogP contribution in [0.3, 0.4) is 0 Å². The molecule has 0 aromatic carbocycles. The van der Waals surface area contributed by atoms with Crippen LogP contribution in [0, 0.1) is 24.1 Å². The molecule has 0 radical (unpaired) electrons. The van der Waals surface area contributed by atoms with Crippen LogP contribution >= 0.6 is 0 Å². The van der Waals surface area contributed by atoms with E-state index in [4.69, 9.17) is 0 Å². The van der Waals surface area contributed by atoms with Gasteiger partial charge in [-0.1, -0.05) is 0 Å². The molecule has 1 amide bonds. The fourth-order valence-electron chi connectivity index (χ4n) is 4.62. The Labute approximate surface area is 164 Å². The second-order valence-electron chi connectivity index (χ2n) is 8.22. The minimum atomic E-state index is -0.301. The molecule has 2 unspecified atom stereocenters. The van der Waals surface area contributed by atoms with E-state index in [-0.39, 0.29) is 23.1 Å². The topological polar surface area (TPSA) is 65.5 Å². The van der Waals surface area contributed by atoms with Gasteiger partial charge in [-0.15, -0.1) is 0 Å². The average Bonchev–Trinajstić information content (AvgIpc) is 3.15. The summed E-state index contributed by atoms with van der Waals surface area (Å²) in [7, 11) is 4.07. The third-order valence-corrected chi connectivity index (χ3v) is 5.72. The Hall–Kier alpha value is -2.61. The Morgan fingerprint density at radius 3 is 2.75 bits per heavy atom. The van der Waals surface area contributed by atoms with Crippen molar-refractivity contribution in [3.63, 3.8) is 0 Å². The summed E-state index contributed by atoms with van der Waals surface area (Å²) >= 11 is 0. The summed E-state index contributed by atoms with van der Waals surface area (Å²) in [6.07, 6.45) is 4.78. The van der Waals surface area contributed by atoms with Crippen molar-refractivity contribution in [3.8, 4) is 0 Å². The fraction of sp³-hybridized carbons (Fsp3) is 0.500. The van der Waals surface area contributed by atoms with Gasteiger partial charge in [-0.25, -0.2) is 14.4 Å². The first kappa shape index (κ1) is 18.7. The highest BCUT2D eigenvalue weighted by Gasteiger charge is 2.54. The van der Waals surface area contributed by atoms with E-state index < -0.39 is 0 Å². The van der Waals surface area contributed by atoms with Gasteiger partial charge in [0, 0.05) is 56.5 Å². The summed E-state index contributed by atoms with van der Waals surface area (Å²) in [4.78, 5) is 31.7. The Balaban J connectivity index is 1.57. The predicted octanol–water partition coefficient (Wildman–Crippen LogP) is 1.46. The van der Waals surface area contributed by atoms with Gasteiger partial charge in [-0.3, -0.25) is 9.78 Å². The van der Waals surface area contributed by atoms with Gasteiger partial charge in [0.1, 0.15) is 5.69 Å². The predicted molar refractivity (Wildman–Crippen MR) is 104 cm³/mol. The first-order valence-electron chi connectivity index (χ1n) is 9.46. The van der Waals surface area contributed by atoms with Crippen LogP contribution in [0.5, 0.6) is 0 Å². The van der Waals surface area contributed by atoms with Crippen LogP contribution < -0.4 is 4.90 Å². The minimum Gasteiger partial charge on any atom is -0.353 e. The lowest BCUT2D eigenvalue weighted by molar-refractivity contribution is 0.0759. The van der Waals surface area contributed by atoms with Crippen LogP contribution in [0.2, 0.25) is 0 Å². The molecule has 2 fully saturated rings. The van der Waals surface area contributed by atoms with Crippen molar-refractivity contribution >= 4 is 11.7 Å². The van der Waals surface area contributed by atoms with Crippen molar-refractivity contribution < 1.29 is 9.18 Å². The summed E-state index contributed by atoms with van der Waals surface area (Å²) in [6.45, 7) is 5.28. The van der Waals surface area contributed by atoms with Gasteiger partial charge in [0.2, 0.25) is 0 Å². The van der Waals surface area contributed by atoms with Gasteiger partial charge in [-0.05, 0) is 33.2 Å². The maximum absolute atomic E-state index is 14.3. The summed E-state index contributed by atoms with van der Waals surface area (Å²) < 4.78 is 14.3. The van der Waals surface area contributed by atoms with Gasteiger partial charge in [0.15, 0.2) is 11.6 Å². The summed E-state index contributed by atoms with van der Waals surface area (Å²) in [6, 6.07) is 3.05. The molecule has 2 aliphatic heterocycles. The standard InChI is InChI=1S/C20H25FN6O/c1-14-7-24-17(8-23-14)19(28)27-10-15-9-26(18-16(21)5-4-6-22-18)12-20(15,13-27)11-25(2)3/h4-8,15H,9-13H2,1-3H3. The van der Waals surface area contributed by atoms with Crippen LogP contribution in [0.15, 0.2) is 30.7 Å². The van der Waals surface area contributed by atoms with E-state index in [0.717, 1.165) is 12.2 Å². The second kappa shape index (κ2) is 7.09. The number of carbonyl (C=O) groups is 1. The molecule has 2 aliphatic rings. The molecular formula is C20H25FN6O. The number of halogens is 1. The smallest absolute Gasteiger partial charge is 0.274 e. The molecule has 0 aliphatic carbocycles. The lowest BCUT2D eigenvalue weighted by atomic mass is 9.80. The summed E-state index contributed by atoms with van der Waals surface area (Å²) in [5, 5.41) is 0. The minimum absolute atomic E-state index is 0.0874. The molecule has 148 valence electrons. The number of nitrogens with zero attached hydrogens (tertiary/aromatic N) is 6. The molecule has 4 heterocycles. The van der Waals surface area contributed by atoms with E-state index in [9.17, 15) is 9.18 Å². The third kappa shape index (κ3) is 3.32. The van der Waals surface area contributed by atoms with E-state index >= 15 is 0 Å². The average molecular weight is 384 g/mol. The monoisotopic (exact) mass is 384 g/mol. The molecule has 2 saturated heterocycles. The molecule has 0 saturated carbocycles. The number of carbonyl (C=O) groups excluding carboxylic acids is 1. The van der Waals surface area contributed by atoms with Crippen LogP contribution in [-0.4, -0.2) is 77.5 Å². The number of hydrogen-bond acceptors (Lipinski definition) is 6. The van der Waals surface area contributed by atoms with E-state index in [2.05, 4.69) is 19.9 Å². The number of hydrogen-bond donors (Lipinski definition) is 0. The largest absolute Gasteiger partial charge is 0.353 e. The van der Waals surface area contributed by atoms with E-state index in [1.54, 1.807) is 24.7 Å². The molecule has 4 rings (SSSR count). The van der Waals surface area contributed by atoms with Crippen molar-refractivity contribution in [1.29, 1.82) is 0 Å². The van der Waals surface area contributed by atoms with Crippen molar-refractivity contribution in [2.75, 3.05) is 51.7 Å². The quantitative estimate of drug-likeness (QED) is 0.795. The number of aromatic nitrogens is 3. The molecule has 0 bridgehead atoms.